The van der Waals surface area contributed by atoms with Gasteiger partial charge in [-0.1, -0.05) is 20.8 Å². The number of hydrogen-bond donors (Lipinski definition) is 5. The zero-order valence-corrected chi connectivity index (χ0v) is 24.7. The van der Waals surface area contributed by atoms with Gasteiger partial charge < -0.3 is 39.7 Å². The molecular weight excluding hydrogens is 516 g/mol. The minimum absolute atomic E-state index is 0.106. The molecule has 40 heavy (non-hydrogen) atoms. The van der Waals surface area contributed by atoms with Crippen LogP contribution in [0.15, 0.2) is 0 Å². The second kappa shape index (κ2) is 11.7. The van der Waals surface area contributed by atoms with Gasteiger partial charge >= 0.3 is 5.97 Å². The van der Waals surface area contributed by atoms with Gasteiger partial charge in [-0.2, -0.15) is 0 Å². The monoisotopic (exact) mass is 568 g/mol. The lowest BCUT2D eigenvalue weighted by Crippen LogP contribution is -2.61. The lowest BCUT2D eigenvalue weighted by Gasteiger charge is -2.62. The largest absolute Gasteiger partial charge is 0.469 e. The summed E-state index contributed by atoms with van der Waals surface area (Å²) in [5, 5.41) is 52.0. The van der Waals surface area contributed by atoms with Gasteiger partial charge in [-0.15, -0.1) is 0 Å². The van der Waals surface area contributed by atoms with Crippen molar-refractivity contribution in [2.24, 2.45) is 46.3 Å². The summed E-state index contributed by atoms with van der Waals surface area (Å²) in [5.41, 5.74) is 0.291. The quantitative estimate of drug-likeness (QED) is 0.231. The summed E-state index contributed by atoms with van der Waals surface area (Å²) in [6.45, 7) is 6.68. The van der Waals surface area contributed by atoms with Crippen molar-refractivity contribution in [2.75, 3.05) is 13.7 Å². The van der Waals surface area contributed by atoms with E-state index in [2.05, 4.69) is 20.8 Å². The van der Waals surface area contributed by atoms with Gasteiger partial charge in [0.25, 0.3) is 0 Å². The van der Waals surface area contributed by atoms with Gasteiger partial charge in [0.2, 0.25) is 0 Å². The molecule has 230 valence electrons. The Morgan fingerprint density at radius 2 is 1.65 bits per heavy atom. The van der Waals surface area contributed by atoms with Gasteiger partial charge in [-0.25, -0.2) is 0 Å². The average Bonchev–Trinajstić information content (AvgIpc) is 3.29. The molecule has 9 nitrogen and oxygen atoms in total. The van der Waals surface area contributed by atoms with Crippen molar-refractivity contribution in [2.45, 2.75) is 128 Å². The molecule has 0 aromatic carbocycles. The number of aliphatic hydroxyl groups is 5. The van der Waals surface area contributed by atoms with Crippen LogP contribution in [0.1, 0.15) is 85.0 Å². The third kappa shape index (κ3) is 5.16. The van der Waals surface area contributed by atoms with Crippen LogP contribution in [0.3, 0.4) is 0 Å². The van der Waals surface area contributed by atoms with Crippen molar-refractivity contribution in [1.29, 1.82) is 0 Å². The number of esters is 1. The summed E-state index contributed by atoms with van der Waals surface area (Å²) >= 11 is 0. The number of fused-ring (bicyclic) bond motifs is 5. The SMILES string of the molecule is COC(=O)CC[C@@H](C)[C@H]1CC[C@H]2[C@@H]3[C@H](O)C[C@@H]4C[C@H](O[C@@H]5O[C@H](CO)[C@@H](O)[C@H](O)[C@H]5O)CC[C@]4(C)[C@H]3CC[C@]12C. The lowest BCUT2D eigenvalue weighted by molar-refractivity contribution is -0.317. The van der Waals surface area contributed by atoms with Crippen molar-refractivity contribution < 1.29 is 44.5 Å². The first kappa shape index (κ1) is 30.6. The first-order valence-corrected chi connectivity index (χ1v) is 15.7. The van der Waals surface area contributed by atoms with E-state index >= 15 is 0 Å². The molecule has 0 unspecified atom stereocenters. The molecule has 0 spiro atoms. The predicted molar refractivity (Wildman–Crippen MR) is 146 cm³/mol. The van der Waals surface area contributed by atoms with E-state index < -0.39 is 37.3 Å². The van der Waals surface area contributed by atoms with E-state index in [1.54, 1.807) is 0 Å². The molecule has 4 saturated carbocycles. The summed E-state index contributed by atoms with van der Waals surface area (Å²) in [6, 6.07) is 0. The molecule has 1 heterocycles. The van der Waals surface area contributed by atoms with E-state index in [-0.39, 0.29) is 34.9 Å². The van der Waals surface area contributed by atoms with Gasteiger partial charge in [-0.05, 0) is 104 Å². The molecule has 5 fully saturated rings. The Balaban J connectivity index is 1.25. The van der Waals surface area contributed by atoms with Gasteiger partial charge in [0.1, 0.15) is 24.4 Å². The highest BCUT2D eigenvalue weighted by molar-refractivity contribution is 5.69. The Hall–Kier alpha value is -0.810. The topological polar surface area (TPSA) is 146 Å². The second-order valence-electron chi connectivity index (χ2n) is 14.3. The molecule has 1 saturated heterocycles. The van der Waals surface area contributed by atoms with Crippen molar-refractivity contribution in [3.63, 3.8) is 0 Å². The molecule has 1 aliphatic heterocycles. The Labute approximate surface area is 238 Å². The standard InChI is InChI=1S/C31H52O9/c1-16(5-8-24(34)38-4)19-6-7-20-25-21(10-12-31(19,20)3)30(2)11-9-18(13-17(30)14-22(25)33)39-29-28(37)27(36)26(35)23(15-32)40-29/h16-23,25-29,32-33,35-37H,5-15H2,1-4H3/t16-,17+,18-,19-,20+,21+,22-,23-,25+,26-,27+,28-,29-,30+,31-/m1/s1. The van der Waals surface area contributed by atoms with Gasteiger partial charge in [0, 0.05) is 6.42 Å². The normalized spacial score (nSPS) is 51.3. The van der Waals surface area contributed by atoms with Crippen LogP contribution in [0.5, 0.6) is 0 Å². The van der Waals surface area contributed by atoms with E-state index in [0.717, 1.165) is 57.8 Å². The highest BCUT2D eigenvalue weighted by Crippen LogP contribution is 2.68. The van der Waals surface area contributed by atoms with E-state index in [1.165, 1.54) is 7.11 Å². The molecule has 5 aliphatic rings. The first-order chi connectivity index (χ1) is 18.9. The summed E-state index contributed by atoms with van der Waals surface area (Å²) in [6.07, 6.45) is 2.27. The predicted octanol–water partition coefficient (Wildman–Crippen LogP) is 2.39. The van der Waals surface area contributed by atoms with Crippen molar-refractivity contribution in [3.8, 4) is 0 Å². The van der Waals surface area contributed by atoms with E-state index in [4.69, 9.17) is 14.2 Å². The maximum atomic E-state index is 11.8. The molecule has 5 N–H and O–H groups in total. The smallest absolute Gasteiger partial charge is 0.305 e. The molecule has 9 heteroatoms. The Morgan fingerprint density at radius 1 is 0.950 bits per heavy atom. The average molecular weight is 569 g/mol. The van der Waals surface area contributed by atoms with Crippen molar-refractivity contribution >= 4 is 5.97 Å². The fourth-order valence-corrected chi connectivity index (χ4v) is 10.3. The number of hydrogen-bond acceptors (Lipinski definition) is 9. The summed E-state index contributed by atoms with van der Waals surface area (Å²) in [7, 11) is 1.45. The molecule has 15 atom stereocenters. The van der Waals surface area contributed by atoms with E-state index in [0.29, 0.717) is 36.0 Å². The third-order valence-electron chi connectivity index (χ3n) is 12.6. The Bertz CT molecular complexity index is 898. The molecule has 0 aromatic rings. The number of aliphatic hydroxyl groups excluding tert-OH is 5. The number of rotatable bonds is 7. The van der Waals surface area contributed by atoms with Crippen LogP contribution in [0, 0.1) is 46.3 Å². The lowest BCUT2D eigenvalue weighted by atomic mass is 9.43. The van der Waals surface area contributed by atoms with Crippen LogP contribution >= 0.6 is 0 Å². The number of methoxy groups -OCH3 is 1. The number of carbonyl (C=O) groups excluding carboxylic acids is 1. The van der Waals surface area contributed by atoms with Crippen LogP contribution in [0.4, 0.5) is 0 Å². The molecule has 5 rings (SSSR count). The zero-order valence-electron chi connectivity index (χ0n) is 24.7. The fourth-order valence-electron chi connectivity index (χ4n) is 10.3. The van der Waals surface area contributed by atoms with E-state index in [1.807, 2.05) is 0 Å². The van der Waals surface area contributed by atoms with Crippen LogP contribution < -0.4 is 0 Å². The molecule has 0 amide bonds. The maximum Gasteiger partial charge on any atom is 0.305 e. The molecule has 0 radical (unpaired) electrons. The zero-order chi connectivity index (χ0) is 29.0. The minimum Gasteiger partial charge on any atom is -0.469 e. The third-order valence-corrected chi connectivity index (χ3v) is 12.6. The Kier molecular flexibility index (Phi) is 8.96. The second-order valence-corrected chi connectivity index (χ2v) is 14.3. The summed E-state index contributed by atoms with van der Waals surface area (Å²) in [4.78, 5) is 11.8. The molecule has 4 aliphatic carbocycles. The molecule has 0 bridgehead atoms. The summed E-state index contributed by atoms with van der Waals surface area (Å²) < 4.78 is 16.7. The molecular formula is C31H52O9. The van der Waals surface area contributed by atoms with Crippen LogP contribution in [-0.2, 0) is 19.0 Å². The first-order valence-electron chi connectivity index (χ1n) is 15.7. The number of ether oxygens (including phenoxy) is 3. The van der Waals surface area contributed by atoms with Crippen LogP contribution in [-0.4, -0.2) is 88.1 Å². The number of carbonyl (C=O) groups is 1. The van der Waals surface area contributed by atoms with Crippen molar-refractivity contribution in [1.82, 2.24) is 0 Å². The van der Waals surface area contributed by atoms with Crippen LogP contribution in [0.2, 0.25) is 0 Å². The van der Waals surface area contributed by atoms with Gasteiger partial charge in [-0.3, -0.25) is 4.79 Å². The van der Waals surface area contributed by atoms with Crippen LogP contribution in [0.25, 0.3) is 0 Å². The van der Waals surface area contributed by atoms with Gasteiger partial charge in [0.15, 0.2) is 6.29 Å². The van der Waals surface area contributed by atoms with Crippen molar-refractivity contribution in [3.05, 3.63) is 0 Å². The highest BCUT2D eigenvalue weighted by atomic mass is 16.7. The summed E-state index contributed by atoms with van der Waals surface area (Å²) in [5.74, 6) is 2.40. The Morgan fingerprint density at radius 3 is 2.35 bits per heavy atom. The highest BCUT2D eigenvalue weighted by Gasteiger charge is 2.63. The van der Waals surface area contributed by atoms with E-state index in [9.17, 15) is 30.3 Å². The van der Waals surface area contributed by atoms with Gasteiger partial charge in [0.05, 0.1) is 25.9 Å². The fraction of sp³-hybridized carbons (Fsp3) is 0.968. The maximum absolute atomic E-state index is 11.8. The minimum atomic E-state index is -1.45. The molecule has 0 aromatic heterocycles.